The Labute approximate surface area is 196 Å². The van der Waals surface area contributed by atoms with Crippen molar-refractivity contribution in [1.29, 1.82) is 0 Å². The maximum Gasteiger partial charge on any atom is 0.191 e. The largest absolute Gasteiger partial charge is 0.493 e. The summed E-state index contributed by atoms with van der Waals surface area (Å²) in [6, 6.07) is 12.0. The number of hydrogen-bond donors (Lipinski definition) is 2. The second kappa shape index (κ2) is 13.9. The summed E-state index contributed by atoms with van der Waals surface area (Å²) in [4.78, 5) is 4.29. The Morgan fingerprint density at radius 1 is 0.867 bits per heavy atom. The summed E-state index contributed by atoms with van der Waals surface area (Å²) >= 11 is 0. The summed E-state index contributed by atoms with van der Waals surface area (Å²) in [5.74, 6) is 2.96. The predicted molar refractivity (Wildman–Crippen MR) is 131 cm³/mol. The van der Waals surface area contributed by atoms with Gasteiger partial charge >= 0.3 is 0 Å². The molecule has 7 nitrogen and oxygen atoms in total. The van der Waals surface area contributed by atoms with E-state index in [9.17, 15) is 0 Å². The second-order valence-corrected chi connectivity index (χ2v) is 6.42. The molecule has 8 heteroatoms. The SMILES string of the molecule is CN=C(NCc1ccc(OC)c(OC)c1)NCc1ccc(C)cc1OCCOC.I. The van der Waals surface area contributed by atoms with E-state index in [0.717, 1.165) is 22.4 Å². The van der Waals surface area contributed by atoms with Crippen molar-refractivity contribution in [1.82, 2.24) is 10.6 Å². The zero-order valence-corrected chi connectivity index (χ0v) is 20.6. The van der Waals surface area contributed by atoms with Crippen LogP contribution in [0.1, 0.15) is 16.7 Å². The van der Waals surface area contributed by atoms with Crippen molar-refractivity contribution >= 4 is 29.9 Å². The molecule has 0 saturated heterocycles. The molecule has 0 amide bonds. The van der Waals surface area contributed by atoms with E-state index in [-0.39, 0.29) is 24.0 Å². The molecule has 0 aliphatic heterocycles. The summed E-state index contributed by atoms with van der Waals surface area (Å²) in [6.45, 7) is 4.30. The molecule has 0 unspecified atom stereocenters. The average molecular weight is 529 g/mol. The Morgan fingerprint density at radius 3 is 2.27 bits per heavy atom. The van der Waals surface area contributed by atoms with Gasteiger partial charge in [0.25, 0.3) is 0 Å². The van der Waals surface area contributed by atoms with E-state index in [2.05, 4.69) is 27.8 Å². The number of rotatable bonds is 10. The Morgan fingerprint density at radius 2 is 1.60 bits per heavy atom. The Hall–Kier alpha value is -2.20. The maximum atomic E-state index is 5.85. The van der Waals surface area contributed by atoms with E-state index >= 15 is 0 Å². The highest BCUT2D eigenvalue weighted by molar-refractivity contribution is 14.0. The van der Waals surface area contributed by atoms with Crippen LogP contribution < -0.4 is 24.8 Å². The Balaban J connectivity index is 0.00000450. The van der Waals surface area contributed by atoms with Gasteiger partial charge in [-0.1, -0.05) is 18.2 Å². The highest BCUT2D eigenvalue weighted by Gasteiger charge is 2.08. The molecule has 2 N–H and O–H groups in total. The topological polar surface area (TPSA) is 73.3 Å². The summed E-state index contributed by atoms with van der Waals surface area (Å²) in [5.41, 5.74) is 3.27. The molecule has 0 aliphatic carbocycles. The van der Waals surface area contributed by atoms with Crippen LogP contribution in [0.2, 0.25) is 0 Å². The molecule has 0 bridgehead atoms. The molecule has 166 valence electrons. The molecule has 0 heterocycles. The summed E-state index contributed by atoms with van der Waals surface area (Å²) in [6.07, 6.45) is 0. The minimum atomic E-state index is 0. The third kappa shape index (κ3) is 7.91. The molecule has 0 atom stereocenters. The first-order valence-corrected chi connectivity index (χ1v) is 9.48. The van der Waals surface area contributed by atoms with Crippen molar-refractivity contribution in [3.63, 3.8) is 0 Å². The van der Waals surface area contributed by atoms with Crippen LogP contribution in [0.4, 0.5) is 0 Å². The highest BCUT2D eigenvalue weighted by Crippen LogP contribution is 2.27. The van der Waals surface area contributed by atoms with Gasteiger partial charge in [-0.2, -0.15) is 0 Å². The second-order valence-electron chi connectivity index (χ2n) is 6.42. The zero-order valence-electron chi connectivity index (χ0n) is 18.3. The van der Waals surface area contributed by atoms with Gasteiger partial charge in [0.2, 0.25) is 0 Å². The molecule has 30 heavy (non-hydrogen) atoms. The lowest BCUT2D eigenvalue weighted by atomic mass is 10.1. The number of hydrogen-bond acceptors (Lipinski definition) is 5. The van der Waals surface area contributed by atoms with Gasteiger partial charge in [-0.25, -0.2) is 0 Å². The first kappa shape index (κ1) is 25.8. The van der Waals surface area contributed by atoms with Crippen LogP contribution >= 0.6 is 24.0 Å². The number of nitrogens with one attached hydrogen (secondary N) is 2. The molecule has 2 rings (SSSR count). The third-order valence-electron chi connectivity index (χ3n) is 4.35. The molecule has 0 fully saturated rings. The van der Waals surface area contributed by atoms with E-state index in [0.29, 0.717) is 43.8 Å². The van der Waals surface area contributed by atoms with Crippen LogP contribution in [0, 0.1) is 6.92 Å². The molecular weight excluding hydrogens is 497 g/mol. The molecule has 2 aromatic rings. The minimum absolute atomic E-state index is 0. The number of guanidine groups is 1. The summed E-state index contributed by atoms with van der Waals surface area (Å²) in [5, 5.41) is 6.64. The molecule has 0 spiro atoms. The van der Waals surface area contributed by atoms with Gasteiger partial charge in [0.1, 0.15) is 12.4 Å². The van der Waals surface area contributed by atoms with Crippen LogP contribution in [0.25, 0.3) is 0 Å². The van der Waals surface area contributed by atoms with Gasteiger partial charge in [-0.15, -0.1) is 24.0 Å². The molecular formula is C22H32IN3O4. The average Bonchev–Trinajstić information content (AvgIpc) is 2.74. The monoisotopic (exact) mass is 529 g/mol. The number of aliphatic imine (C=N–C) groups is 1. The number of ether oxygens (including phenoxy) is 4. The molecule has 0 aliphatic rings. The molecule has 0 saturated carbocycles. The third-order valence-corrected chi connectivity index (χ3v) is 4.35. The molecule has 2 aromatic carbocycles. The van der Waals surface area contributed by atoms with Crippen LogP contribution in [-0.2, 0) is 17.8 Å². The van der Waals surface area contributed by atoms with Crippen LogP contribution in [0.15, 0.2) is 41.4 Å². The fourth-order valence-corrected chi connectivity index (χ4v) is 2.75. The zero-order chi connectivity index (χ0) is 21.1. The normalized spacial score (nSPS) is 10.8. The number of nitrogens with zero attached hydrogens (tertiary/aromatic N) is 1. The van der Waals surface area contributed by atoms with Gasteiger partial charge in [-0.3, -0.25) is 4.99 Å². The number of methoxy groups -OCH3 is 3. The smallest absolute Gasteiger partial charge is 0.191 e. The lowest BCUT2D eigenvalue weighted by molar-refractivity contribution is 0.145. The van der Waals surface area contributed by atoms with Crippen LogP contribution in [-0.4, -0.2) is 47.6 Å². The lowest BCUT2D eigenvalue weighted by Gasteiger charge is -2.16. The van der Waals surface area contributed by atoms with Gasteiger partial charge in [0.15, 0.2) is 17.5 Å². The van der Waals surface area contributed by atoms with Crippen molar-refractivity contribution in [3.05, 3.63) is 53.1 Å². The van der Waals surface area contributed by atoms with E-state index in [1.807, 2.05) is 31.2 Å². The van der Waals surface area contributed by atoms with Gasteiger partial charge in [0, 0.05) is 32.8 Å². The number of aryl methyl sites for hydroxylation is 1. The summed E-state index contributed by atoms with van der Waals surface area (Å²) in [7, 11) is 6.66. The van der Waals surface area contributed by atoms with Crippen LogP contribution in [0.3, 0.4) is 0 Å². The fourth-order valence-electron chi connectivity index (χ4n) is 2.75. The van der Waals surface area contributed by atoms with Crippen LogP contribution in [0.5, 0.6) is 17.2 Å². The lowest BCUT2D eigenvalue weighted by Crippen LogP contribution is -2.36. The van der Waals surface area contributed by atoms with E-state index < -0.39 is 0 Å². The van der Waals surface area contributed by atoms with Crippen molar-refractivity contribution in [2.75, 3.05) is 41.6 Å². The number of benzene rings is 2. The van der Waals surface area contributed by atoms with E-state index in [4.69, 9.17) is 18.9 Å². The standard InChI is InChI=1S/C22H31N3O4.HI/c1-16-6-8-18(20(12-16)29-11-10-26-3)15-25-22(23-2)24-14-17-7-9-19(27-4)21(13-17)28-5;/h6-9,12-13H,10-11,14-15H2,1-5H3,(H2,23,24,25);1H. The summed E-state index contributed by atoms with van der Waals surface area (Å²) < 4.78 is 21.6. The number of halogens is 1. The maximum absolute atomic E-state index is 5.85. The van der Waals surface area contributed by atoms with Crippen molar-refractivity contribution < 1.29 is 18.9 Å². The first-order chi connectivity index (χ1) is 14.1. The first-order valence-electron chi connectivity index (χ1n) is 9.48. The fraction of sp³-hybridized carbons (Fsp3) is 0.409. The van der Waals surface area contributed by atoms with Gasteiger partial charge in [-0.05, 0) is 36.2 Å². The van der Waals surface area contributed by atoms with Gasteiger partial charge in [0.05, 0.1) is 20.8 Å². The van der Waals surface area contributed by atoms with Crippen molar-refractivity contribution in [3.8, 4) is 17.2 Å². The van der Waals surface area contributed by atoms with E-state index in [1.165, 1.54) is 0 Å². The molecule has 0 aromatic heterocycles. The predicted octanol–water partition coefficient (Wildman–Crippen LogP) is 3.52. The Bertz CT molecular complexity index is 815. The van der Waals surface area contributed by atoms with Crippen molar-refractivity contribution in [2.45, 2.75) is 20.0 Å². The Kier molecular flexibility index (Phi) is 12.0. The van der Waals surface area contributed by atoms with Gasteiger partial charge < -0.3 is 29.6 Å². The molecule has 0 radical (unpaired) electrons. The van der Waals surface area contributed by atoms with Crippen molar-refractivity contribution in [2.24, 2.45) is 4.99 Å². The van der Waals surface area contributed by atoms with E-state index in [1.54, 1.807) is 28.4 Å². The highest BCUT2D eigenvalue weighted by atomic mass is 127. The quantitative estimate of drug-likeness (QED) is 0.213. The minimum Gasteiger partial charge on any atom is -0.493 e.